The predicted molar refractivity (Wildman–Crippen MR) is 72.2 cm³/mol. The van der Waals surface area contributed by atoms with E-state index in [1.54, 1.807) is 11.3 Å². The lowest BCUT2D eigenvalue weighted by Gasteiger charge is -2.23. The van der Waals surface area contributed by atoms with E-state index in [1.807, 2.05) is 16.3 Å². The molecule has 1 fully saturated rings. The van der Waals surface area contributed by atoms with Crippen LogP contribution in [0.2, 0.25) is 0 Å². The Bertz CT molecular complexity index is 615. The minimum atomic E-state index is -0.298. The van der Waals surface area contributed by atoms with Gasteiger partial charge in [0.25, 0.3) is 11.5 Å². The van der Waals surface area contributed by atoms with E-state index in [4.69, 9.17) is 0 Å². The number of carbonyl (C=O) groups excluding carboxylic acids is 1. The van der Waals surface area contributed by atoms with Gasteiger partial charge >= 0.3 is 0 Å². The average Bonchev–Trinajstić information content (AvgIpc) is 3.09. The maximum absolute atomic E-state index is 12.4. The zero-order valence-electron chi connectivity index (χ0n) is 10.2. The Morgan fingerprint density at radius 1 is 1.42 bits per heavy atom. The lowest BCUT2D eigenvalue weighted by Crippen LogP contribution is -2.31. The van der Waals surface area contributed by atoms with E-state index in [0.29, 0.717) is 5.69 Å². The summed E-state index contributed by atoms with van der Waals surface area (Å²) in [4.78, 5) is 26.4. The zero-order valence-corrected chi connectivity index (χ0v) is 11.0. The Hall–Kier alpha value is -1.95. The summed E-state index contributed by atoms with van der Waals surface area (Å²) in [5, 5.41) is 8.14. The normalized spacial score (nSPS) is 18.7. The van der Waals surface area contributed by atoms with Gasteiger partial charge < -0.3 is 4.90 Å². The minimum Gasteiger partial charge on any atom is -0.329 e. The number of thiophene rings is 1. The highest BCUT2D eigenvalue weighted by molar-refractivity contribution is 7.10. The van der Waals surface area contributed by atoms with E-state index in [1.165, 1.54) is 17.0 Å². The Balaban J connectivity index is 1.86. The van der Waals surface area contributed by atoms with Crippen molar-refractivity contribution in [1.29, 1.82) is 0 Å². The van der Waals surface area contributed by atoms with E-state index in [9.17, 15) is 9.59 Å². The monoisotopic (exact) mass is 275 g/mol. The first kappa shape index (κ1) is 12.1. The number of nitrogens with one attached hydrogen (secondary N) is 1. The molecule has 1 aliphatic rings. The molecule has 1 saturated heterocycles. The topological polar surface area (TPSA) is 66.1 Å². The molecule has 0 radical (unpaired) electrons. The molecule has 0 aromatic carbocycles. The summed E-state index contributed by atoms with van der Waals surface area (Å²) in [5.41, 5.74) is -0.00386. The average molecular weight is 275 g/mol. The molecule has 6 heteroatoms. The van der Waals surface area contributed by atoms with E-state index < -0.39 is 0 Å². The van der Waals surface area contributed by atoms with Gasteiger partial charge in [-0.15, -0.1) is 11.3 Å². The second-order valence-electron chi connectivity index (χ2n) is 4.48. The summed E-state index contributed by atoms with van der Waals surface area (Å²) in [5.74, 6) is -0.118. The third-order valence-electron chi connectivity index (χ3n) is 3.28. The molecule has 19 heavy (non-hydrogen) atoms. The van der Waals surface area contributed by atoms with Gasteiger partial charge in [0.1, 0.15) is 5.69 Å². The molecule has 1 atom stereocenters. The van der Waals surface area contributed by atoms with Gasteiger partial charge in [-0.1, -0.05) is 6.07 Å². The molecule has 2 aromatic rings. The van der Waals surface area contributed by atoms with Gasteiger partial charge in [-0.25, -0.2) is 5.10 Å². The Morgan fingerprint density at radius 3 is 3.00 bits per heavy atom. The van der Waals surface area contributed by atoms with Crippen molar-refractivity contribution in [2.75, 3.05) is 6.54 Å². The van der Waals surface area contributed by atoms with Crippen molar-refractivity contribution in [3.05, 3.63) is 50.6 Å². The van der Waals surface area contributed by atoms with Crippen LogP contribution >= 0.6 is 11.3 Å². The van der Waals surface area contributed by atoms with Crippen molar-refractivity contribution in [2.45, 2.75) is 18.9 Å². The molecule has 1 amide bonds. The fraction of sp³-hybridized carbons (Fsp3) is 0.308. The predicted octanol–water partition coefficient (Wildman–Crippen LogP) is 1.81. The minimum absolute atomic E-state index is 0.118. The fourth-order valence-corrected chi connectivity index (χ4v) is 3.27. The maximum Gasteiger partial charge on any atom is 0.274 e. The highest BCUT2D eigenvalue weighted by Gasteiger charge is 2.31. The highest BCUT2D eigenvalue weighted by Crippen LogP contribution is 2.35. The van der Waals surface area contributed by atoms with Crippen LogP contribution in [0.3, 0.4) is 0 Å². The summed E-state index contributed by atoms with van der Waals surface area (Å²) in [6, 6.07) is 7.00. The van der Waals surface area contributed by atoms with Gasteiger partial charge in [0, 0.05) is 17.5 Å². The molecule has 98 valence electrons. The van der Waals surface area contributed by atoms with Crippen LogP contribution in [-0.4, -0.2) is 27.5 Å². The summed E-state index contributed by atoms with van der Waals surface area (Å²) in [7, 11) is 0. The molecule has 0 spiro atoms. The van der Waals surface area contributed by atoms with Crippen molar-refractivity contribution in [1.82, 2.24) is 15.1 Å². The van der Waals surface area contributed by atoms with Crippen LogP contribution in [0.15, 0.2) is 34.4 Å². The number of aromatic nitrogens is 2. The molecule has 3 rings (SSSR count). The molecule has 0 aliphatic carbocycles. The SMILES string of the molecule is O=C(c1ccc(=O)[nH]n1)N1CCCC1c1cccs1. The van der Waals surface area contributed by atoms with Crippen LogP contribution in [0.5, 0.6) is 0 Å². The van der Waals surface area contributed by atoms with Crippen molar-refractivity contribution < 1.29 is 4.79 Å². The summed E-state index contributed by atoms with van der Waals surface area (Å²) in [6.45, 7) is 0.738. The van der Waals surface area contributed by atoms with Crippen molar-refractivity contribution in [2.24, 2.45) is 0 Å². The third-order valence-corrected chi connectivity index (χ3v) is 4.26. The Labute approximate surface area is 113 Å². The Morgan fingerprint density at radius 2 is 2.32 bits per heavy atom. The van der Waals surface area contributed by atoms with Crippen LogP contribution in [-0.2, 0) is 0 Å². The molecule has 2 aromatic heterocycles. The quantitative estimate of drug-likeness (QED) is 0.909. The number of hydrogen-bond acceptors (Lipinski definition) is 4. The molecule has 1 unspecified atom stereocenters. The van der Waals surface area contributed by atoms with Gasteiger partial charge in [-0.2, -0.15) is 5.10 Å². The zero-order chi connectivity index (χ0) is 13.2. The largest absolute Gasteiger partial charge is 0.329 e. The number of rotatable bonds is 2. The molecule has 5 nitrogen and oxygen atoms in total. The molecular weight excluding hydrogens is 262 g/mol. The second-order valence-corrected chi connectivity index (χ2v) is 5.46. The number of likely N-dealkylation sites (tertiary alicyclic amines) is 1. The summed E-state index contributed by atoms with van der Waals surface area (Å²) >= 11 is 1.67. The van der Waals surface area contributed by atoms with Crippen LogP contribution in [0.4, 0.5) is 0 Å². The third kappa shape index (κ3) is 2.31. The Kier molecular flexibility index (Phi) is 3.16. The molecule has 3 heterocycles. The van der Waals surface area contributed by atoms with E-state index >= 15 is 0 Å². The summed E-state index contributed by atoms with van der Waals surface area (Å²) < 4.78 is 0. The van der Waals surface area contributed by atoms with Crippen molar-refractivity contribution >= 4 is 17.2 Å². The molecule has 1 aliphatic heterocycles. The molecular formula is C13H13N3O2S. The highest BCUT2D eigenvalue weighted by atomic mass is 32.1. The van der Waals surface area contributed by atoms with Crippen LogP contribution < -0.4 is 5.56 Å². The number of amides is 1. The molecule has 1 N–H and O–H groups in total. The summed E-state index contributed by atoms with van der Waals surface area (Å²) in [6.07, 6.45) is 1.98. The first-order valence-corrected chi connectivity index (χ1v) is 7.04. The number of H-pyrrole nitrogens is 1. The van der Waals surface area contributed by atoms with E-state index in [2.05, 4.69) is 16.3 Å². The van der Waals surface area contributed by atoms with Gasteiger partial charge in [0.2, 0.25) is 0 Å². The lowest BCUT2D eigenvalue weighted by molar-refractivity contribution is 0.0730. The van der Waals surface area contributed by atoms with Crippen molar-refractivity contribution in [3.63, 3.8) is 0 Å². The number of carbonyl (C=O) groups is 1. The number of hydrogen-bond donors (Lipinski definition) is 1. The van der Waals surface area contributed by atoms with Gasteiger partial charge in [-0.05, 0) is 30.4 Å². The van der Waals surface area contributed by atoms with Crippen LogP contribution in [0, 0.1) is 0 Å². The smallest absolute Gasteiger partial charge is 0.274 e. The van der Waals surface area contributed by atoms with Gasteiger partial charge in [0.05, 0.1) is 6.04 Å². The van der Waals surface area contributed by atoms with E-state index in [-0.39, 0.29) is 17.5 Å². The fourth-order valence-electron chi connectivity index (χ4n) is 2.40. The first-order chi connectivity index (χ1) is 9.25. The van der Waals surface area contributed by atoms with E-state index in [0.717, 1.165) is 19.4 Å². The standard InChI is InChI=1S/C13H13N3O2S/c17-12-6-5-9(14-15-12)13(18)16-7-1-3-10(16)11-4-2-8-19-11/h2,4-6,8,10H,1,3,7H2,(H,15,17). The molecule has 0 saturated carbocycles. The first-order valence-electron chi connectivity index (χ1n) is 6.16. The van der Waals surface area contributed by atoms with Gasteiger partial charge in [0.15, 0.2) is 0 Å². The maximum atomic E-state index is 12.4. The molecule has 0 bridgehead atoms. The second kappa shape index (κ2) is 4.97. The number of aromatic amines is 1. The van der Waals surface area contributed by atoms with Gasteiger partial charge in [-0.3, -0.25) is 9.59 Å². The number of nitrogens with zero attached hydrogens (tertiary/aromatic N) is 2. The van der Waals surface area contributed by atoms with Crippen LogP contribution in [0.25, 0.3) is 0 Å². The van der Waals surface area contributed by atoms with Crippen molar-refractivity contribution in [3.8, 4) is 0 Å². The lowest BCUT2D eigenvalue weighted by atomic mass is 10.2. The van der Waals surface area contributed by atoms with Crippen LogP contribution in [0.1, 0.15) is 34.2 Å².